The smallest absolute Gasteiger partial charge is 0.109 e. The molecule has 0 atom stereocenters. The van der Waals surface area contributed by atoms with Gasteiger partial charge in [-0.05, 0) is 12.0 Å². The molecule has 0 spiro atoms. The fraction of sp³-hybridized carbons (Fsp3) is 0.625. The molecule has 3 heteroatoms. The van der Waals surface area contributed by atoms with Gasteiger partial charge in [-0.25, -0.2) is 4.39 Å². The number of halogens is 1. The first-order valence-electron chi connectivity index (χ1n) is 3.83. The Morgan fingerprint density at radius 3 is 2.82 bits per heavy atom. The van der Waals surface area contributed by atoms with Gasteiger partial charge >= 0.3 is 0 Å². The van der Waals surface area contributed by atoms with Crippen molar-refractivity contribution in [3.63, 3.8) is 0 Å². The van der Waals surface area contributed by atoms with Crippen LogP contribution in [-0.2, 0) is 6.54 Å². The number of aryl methyl sites for hydroxylation is 1. The van der Waals surface area contributed by atoms with Crippen molar-refractivity contribution in [1.82, 2.24) is 9.78 Å². The number of alkyl halides is 1. The van der Waals surface area contributed by atoms with E-state index in [4.69, 9.17) is 0 Å². The lowest BCUT2D eigenvalue weighted by molar-refractivity contribution is 0.425. The van der Waals surface area contributed by atoms with Crippen molar-refractivity contribution in [1.29, 1.82) is 0 Å². The molecule has 1 aromatic heterocycles. The molecule has 0 aromatic carbocycles. The van der Waals surface area contributed by atoms with E-state index in [1.54, 1.807) is 4.68 Å². The van der Waals surface area contributed by atoms with E-state index in [2.05, 4.69) is 18.9 Å². The Balaban J connectivity index is 2.66. The Morgan fingerprint density at radius 1 is 1.64 bits per heavy atom. The average molecular weight is 156 g/mol. The van der Waals surface area contributed by atoms with Gasteiger partial charge in [-0.2, -0.15) is 5.10 Å². The number of hydrogen-bond acceptors (Lipinski definition) is 1. The van der Waals surface area contributed by atoms with Gasteiger partial charge in [0, 0.05) is 6.20 Å². The van der Waals surface area contributed by atoms with Crippen LogP contribution < -0.4 is 0 Å². The Kier molecular flexibility index (Phi) is 2.63. The van der Waals surface area contributed by atoms with Gasteiger partial charge < -0.3 is 0 Å². The molecule has 0 aliphatic carbocycles. The van der Waals surface area contributed by atoms with Crippen molar-refractivity contribution >= 4 is 0 Å². The largest absolute Gasteiger partial charge is 0.270 e. The Labute approximate surface area is 66.0 Å². The van der Waals surface area contributed by atoms with Crippen LogP contribution in [0.4, 0.5) is 4.39 Å². The molecule has 0 aliphatic heterocycles. The van der Waals surface area contributed by atoms with Crippen LogP contribution in [-0.4, -0.2) is 16.5 Å². The SMILES string of the molecule is CC(C)c1ccn(CCF)n1. The molecule has 0 saturated carbocycles. The fourth-order valence-electron chi connectivity index (χ4n) is 0.896. The summed E-state index contributed by atoms with van der Waals surface area (Å²) in [6.45, 7) is 4.16. The van der Waals surface area contributed by atoms with E-state index in [9.17, 15) is 4.39 Å². The molecule has 11 heavy (non-hydrogen) atoms. The second-order valence-corrected chi connectivity index (χ2v) is 2.85. The average Bonchev–Trinajstić information content (AvgIpc) is 2.37. The second kappa shape index (κ2) is 3.51. The van der Waals surface area contributed by atoms with E-state index in [-0.39, 0.29) is 6.67 Å². The van der Waals surface area contributed by atoms with Crippen molar-refractivity contribution in [3.8, 4) is 0 Å². The summed E-state index contributed by atoms with van der Waals surface area (Å²) in [6, 6.07) is 1.93. The fourth-order valence-corrected chi connectivity index (χ4v) is 0.896. The lowest BCUT2D eigenvalue weighted by atomic mass is 10.1. The number of aromatic nitrogens is 2. The lowest BCUT2D eigenvalue weighted by Gasteiger charge is -1.98. The highest BCUT2D eigenvalue weighted by molar-refractivity contribution is 5.03. The highest BCUT2D eigenvalue weighted by Gasteiger charge is 2.01. The number of hydrogen-bond donors (Lipinski definition) is 0. The van der Waals surface area contributed by atoms with Crippen molar-refractivity contribution in [2.45, 2.75) is 26.3 Å². The molecular weight excluding hydrogens is 143 g/mol. The van der Waals surface area contributed by atoms with E-state index in [1.165, 1.54) is 0 Å². The summed E-state index contributed by atoms with van der Waals surface area (Å²) in [4.78, 5) is 0. The highest BCUT2D eigenvalue weighted by Crippen LogP contribution is 2.09. The maximum atomic E-state index is 11.8. The van der Waals surface area contributed by atoms with Crippen LogP contribution in [0.5, 0.6) is 0 Å². The van der Waals surface area contributed by atoms with E-state index >= 15 is 0 Å². The van der Waals surface area contributed by atoms with Crippen LogP contribution in [0.25, 0.3) is 0 Å². The van der Waals surface area contributed by atoms with E-state index in [1.807, 2.05) is 12.3 Å². The molecule has 0 amide bonds. The van der Waals surface area contributed by atoms with Crippen LogP contribution in [0.15, 0.2) is 12.3 Å². The molecule has 0 bridgehead atoms. The molecule has 1 rings (SSSR count). The lowest BCUT2D eigenvalue weighted by Crippen LogP contribution is -2.01. The molecule has 0 fully saturated rings. The van der Waals surface area contributed by atoms with E-state index < -0.39 is 0 Å². The first-order valence-corrected chi connectivity index (χ1v) is 3.83. The highest BCUT2D eigenvalue weighted by atomic mass is 19.1. The van der Waals surface area contributed by atoms with Gasteiger partial charge in [0.1, 0.15) is 6.67 Å². The number of nitrogens with zero attached hydrogens (tertiary/aromatic N) is 2. The van der Waals surface area contributed by atoms with Gasteiger partial charge in [0.05, 0.1) is 12.2 Å². The van der Waals surface area contributed by atoms with E-state index in [0.29, 0.717) is 12.5 Å². The minimum absolute atomic E-state index is 0.348. The standard InChI is InChI=1S/C8H13FN2/c1-7(2)8-3-5-11(10-8)6-4-9/h3,5,7H,4,6H2,1-2H3. The summed E-state index contributed by atoms with van der Waals surface area (Å²) in [5, 5.41) is 4.18. The number of rotatable bonds is 3. The Hall–Kier alpha value is -0.860. The Morgan fingerprint density at radius 2 is 2.36 bits per heavy atom. The quantitative estimate of drug-likeness (QED) is 0.654. The third kappa shape index (κ3) is 2.03. The van der Waals surface area contributed by atoms with Gasteiger partial charge in [0.25, 0.3) is 0 Å². The third-order valence-electron chi connectivity index (χ3n) is 1.57. The predicted molar refractivity (Wildman–Crippen MR) is 42.3 cm³/mol. The molecule has 0 aliphatic rings. The molecule has 2 nitrogen and oxygen atoms in total. The van der Waals surface area contributed by atoms with Crippen LogP contribution in [0, 0.1) is 0 Å². The monoisotopic (exact) mass is 156 g/mol. The van der Waals surface area contributed by atoms with E-state index in [0.717, 1.165) is 5.69 Å². The topological polar surface area (TPSA) is 17.8 Å². The van der Waals surface area contributed by atoms with Gasteiger partial charge in [-0.1, -0.05) is 13.8 Å². The summed E-state index contributed by atoms with van der Waals surface area (Å²) in [7, 11) is 0. The molecule has 0 unspecified atom stereocenters. The molecular formula is C8H13FN2. The normalized spacial score (nSPS) is 10.9. The van der Waals surface area contributed by atoms with Crippen molar-refractivity contribution in [2.24, 2.45) is 0 Å². The summed E-state index contributed by atoms with van der Waals surface area (Å²) >= 11 is 0. The van der Waals surface area contributed by atoms with Crippen molar-refractivity contribution < 1.29 is 4.39 Å². The minimum atomic E-state index is -0.348. The second-order valence-electron chi connectivity index (χ2n) is 2.85. The third-order valence-corrected chi connectivity index (χ3v) is 1.57. The van der Waals surface area contributed by atoms with Crippen molar-refractivity contribution in [3.05, 3.63) is 18.0 Å². The first kappa shape index (κ1) is 8.24. The molecule has 62 valence electrons. The summed E-state index contributed by atoms with van der Waals surface area (Å²) in [5.41, 5.74) is 1.03. The molecule has 1 heterocycles. The zero-order chi connectivity index (χ0) is 8.27. The first-order chi connectivity index (χ1) is 5.24. The van der Waals surface area contributed by atoms with Crippen LogP contribution >= 0.6 is 0 Å². The van der Waals surface area contributed by atoms with Crippen LogP contribution in [0.3, 0.4) is 0 Å². The molecule has 0 radical (unpaired) electrons. The zero-order valence-electron chi connectivity index (χ0n) is 6.92. The van der Waals surface area contributed by atoms with Crippen LogP contribution in [0.1, 0.15) is 25.5 Å². The maximum absolute atomic E-state index is 11.8. The summed E-state index contributed by atoms with van der Waals surface area (Å²) < 4.78 is 13.5. The van der Waals surface area contributed by atoms with Gasteiger partial charge in [-0.3, -0.25) is 4.68 Å². The van der Waals surface area contributed by atoms with Gasteiger partial charge in [0.15, 0.2) is 0 Å². The molecule has 0 N–H and O–H groups in total. The Bertz CT molecular complexity index is 218. The summed E-state index contributed by atoms with van der Waals surface area (Å²) in [6.07, 6.45) is 1.81. The van der Waals surface area contributed by atoms with Gasteiger partial charge in [0.2, 0.25) is 0 Å². The predicted octanol–water partition coefficient (Wildman–Crippen LogP) is 1.98. The van der Waals surface area contributed by atoms with Crippen molar-refractivity contribution in [2.75, 3.05) is 6.67 Å². The maximum Gasteiger partial charge on any atom is 0.109 e. The molecule has 1 aromatic rings. The van der Waals surface area contributed by atoms with Crippen LogP contribution in [0.2, 0.25) is 0 Å². The zero-order valence-corrected chi connectivity index (χ0v) is 6.92. The minimum Gasteiger partial charge on any atom is -0.270 e. The summed E-state index contributed by atoms with van der Waals surface area (Å²) in [5.74, 6) is 0.427. The molecule has 0 saturated heterocycles. The van der Waals surface area contributed by atoms with Gasteiger partial charge in [-0.15, -0.1) is 0 Å².